The number of nitrogens with zero attached hydrogens (tertiary/aromatic N) is 2. The molecule has 0 atom stereocenters. The van der Waals surface area contributed by atoms with Crippen LogP contribution in [0.1, 0.15) is 22.8 Å². The molecule has 27 heavy (non-hydrogen) atoms. The number of carbonyl (C=O) groups is 1. The van der Waals surface area contributed by atoms with Crippen LogP contribution >= 0.6 is 24.2 Å². The van der Waals surface area contributed by atoms with E-state index in [1.54, 1.807) is 35.2 Å². The Morgan fingerprint density at radius 1 is 1.15 bits per heavy atom. The Kier molecular flexibility index (Phi) is 8.41. The van der Waals surface area contributed by atoms with Crippen LogP contribution in [0.5, 0.6) is 0 Å². The van der Waals surface area contributed by atoms with Crippen molar-refractivity contribution in [1.82, 2.24) is 9.80 Å². The van der Waals surface area contributed by atoms with Crippen molar-refractivity contribution in [2.75, 3.05) is 37.7 Å². The Morgan fingerprint density at radius 3 is 2.30 bits per heavy atom. The smallest absolute Gasteiger partial charge is 0.255 e. The summed E-state index contributed by atoms with van der Waals surface area (Å²) in [4.78, 5) is 16.6. The van der Waals surface area contributed by atoms with E-state index in [2.05, 4.69) is 17.5 Å². The molecule has 1 amide bonds. The molecule has 2 aromatic carbocycles. The fourth-order valence-electron chi connectivity index (χ4n) is 2.83. The molecule has 1 aliphatic rings. The van der Waals surface area contributed by atoms with Crippen molar-refractivity contribution in [2.45, 2.75) is 13.5 Å². The minimum atomic E-state index is -0.227. The van der Waals surface area contributed by atoms with Crippen molar-refractivity contribution < 1.29 is 9.18 Å². The molecule has 0 unspecified atom stereocenters. The number of thiol groups is 1. The highest BCUT2D eigenvalue weighted by Gasteiger charge is 2.23. The van der Waals surface area contributed by atoms with Gasteiger partial charge in [-0.15, -0.1) is 0 Å². The molecule has 2 N–H and O–H groups in total. The molecule has 1 saturated heterocycles. The quantitative estimate of drug-likeness (QED) is 0.596. The summed E-state index contributed by atoms with van der Waals surface area (Å²) in [7, 11) is 0. The number of rotatable bonds is 3. The molecule has 0 radical (unpaired) electrons. The van der Waals surface area contributed by atoms with E-state index in [9.17, 15) is 9.18 Å². The standard InChI is InChI=1S/C18H19ClFN3O.C2H6S/c19-17-11-15(21)5-6-16(17)18(24)23-9-7-22(8-10-23)12-13-1-3-14(20)4-2-13;1-2-3/h1-6,11H,7-10,12,21H2;3H,2H2,1H3. The Hall–Kier alpha value is -1.76. The number of nitrogen functional groups attached to an aromatic ring is 1. The maximum absolute atomic E-state index is 12.9. The van der Waals surface area contributed by atoms with Gasteiger partial charge in [-0.3, -0.25) is 9.69 Å². The molecule has 0 aromatic heterocycles. The van der Waals surface area contributed by atoms with E-state index >= 15 is 0 Å². The van der Waals surface area contributed by atoms with E-state index in [1.165, 1.54) is 12.1 Å². The number of amides is 1. The van der Waals surface area contributed by atoms with Gasteiger partial charge >= 0.3 is 0 Å². The fourth-order valence-corrected chi connectivity index (χ4v) is 3.10. The van der Waals surface area contributed by atoms with Crippen LogP contribution in [-0.4, -0.2) is 47.6 Å². The normalized spacial score (nSPS) is 14.4. The van der Waals surface area contributed by atoms with Crippen molar-refractivity contribution in [3.63, 3.8) is 0 Å². The average molecular weight is 410 g/mol. The Morgan fingerprint density at radius 2 is 1.74 bits per heavy atom. The van der Waals surface area contributed by atoms with Gasteiger partial charge in [-0.25, -0.2) is 4.39 Å². The van der Waals surface area contributed by atoms with Crippen LogP contribution < -0.4 is 5.73 Å². The van der Waals surface area contributed by atoms with Crippen LogP contribution in [-0.2, 0) is 6.54 Å². The molecule has 3 rings (SSSR count). The molecule has 1 fully saturated rings. The first kappa shape index (κ1) is 21.5. The van der Waals surface area contributed by atoms with Crippen molar-refractivity contribution in [2.24, 2.45) is 0 Å². The lowest BCUT2D eigenvalue weighted by Crippen LogP contribution is -2.48. The predicted molar refractivity (Wildman–Crippen MR) is 113 cm³/mol. The molecular weight excluding hydrogens is 385 g/mol. The third-order valence-corrected chi connectivity index (χ3v) is 4.52. The highest BCUT2D eigenvalue weighted by molar-refractivity contribution is 7.80. The number of halogens is 2. The van der Waals surface area contributed by atoms with E-state index in [0.717, 1.165) is 31.0 Å². The minimum Gasteiger partial charge on any atom is -0.399 e. The second-order valence-electron chi connectivity index (χ2n) is 6.25. The highest BCUT2D eigenvalue weighted by atomic mass is 35.5. The number of carbonyl (C=O) groups excluding carboxylic acids is 1. The Bertz CT molecular complexity index is 749. The van der Waals surface area contributed by atoms with Crippen LogP contribution in [0.2, 0.25) is 5.02 Å². The van der Waals surface area contributed by atoms with E-state index in [1.807, 2.05) is 6.92 Å². The second kappa shape index (κ2) is 10.5. The van der Waals surface area contributed by atoms with Crippen LogP contribution in [0.4, 0.5) is 10.1 Å². The first-order valence-corrected chi connectivity index (χ1v) is 9.87. The van der Waals surface area contributed by atoms with Crippen LogP contribution in [0.15, 0.2) is 42.5 Å². The molecule has 0 bridgehead atoms. The zero-order valence-corrected chi connectivity index (χ0v) is 17.0. The summed E-state index contributed by atoms with van der Waals surface area (Å²) in [6.07, 6.45) is 0. The summed E-state index contributed by atoms with van der Waals surface area (Å²) in [6, 6.07) is 11.5. The second-order valence-corrected chi connectivity index (χ2v) is 7.29. The third kappa shape index (κ3) is 6.41. The summed E-state index contributed by atoms with van der Waals surface area (Å²) in [5, 5.41) is 0.383. The van der Waals surface area contributed by atoms with Gasteiger partial charge in [-0.05, 0) is 41.6 Å². The lowest BCUT2D eigenvalue weighted by atomic mass is 10.1. The number of anilines is 1. The zero-order chi connectivity index (χ0) is 19.8. The van der Waals surface area contributed by atoms with Gasteiger partial charge in [-0.2, -0.15) is 12.6 Å². The largest absolute Gasteiger partial charge is 0.399 e. The lowest BCUT2D eigenvalue weighted by molar-refractivity contribution is 0.0628. The van der Waals surface area contributed by atoms with Crippen molar-refractivity contribution in [1.29, 1.82) is 0 Å². The van der Waals surface area contributed by atoms with E-state index in [0.29, 0.717) is 29.4 Å². The first-order valence-electron chi connectivity index (χ1n) is 8.86. The van der Waals surface area contributed by atoms with Gasteiger partial charge in [0.05, 0.1) is 10.6 Å². The SMILES string of the molecule is CCS.Nc1ccc(C(=O)N2CCN(Cc3ccc(F)cc3)CC2)c(Cl)c1. The molecule has 2 aromatic rings. The van der Waals surface area contributed by atoms with Crippen molar-refractivity contribution in [3.8, 4) is 0 Å². The van der Waals surface area contributed by atoms with Gasteiger partial charge in [0.1, 0.15) is 5.82 Å². The van der Waals surface area contributed by atoms with Gasteiger partial charge in [-0.1, -0.05) is 30.7 Å². The molecule has 7 heteroatoms. The summed E-state index contributed by atoms with van der Waals surface area (Å²) in [6.45, 7) is 5.57. The first-order chi connectivity index (χ1) is 12.9. The molecular formula is C20H25ClFN3OS. The number of benzene rings is 2. The fraction of sp³-hybridized carbons (Fsp3) is 0.350. The van der Waals surface area contributed by atoms with Gasteiger partial charge in [0.15, 0.2) is 0 Å². The van der Waals surface area contributed by atoms with Gasteiger partial charge < -0.3 is 10.6 Å². The van der Waals surface area contributed by atoms with Crippen LogP contribution in [0.3, 0.4) is 0 Å². The van der Waals surface area contributed by atoms with Gasteiger partial charge in [0, 0.05) is 38.4 Å². The molecule has 0 spiro atoms. The van der Waals surface area contributed by atoms with Crippen molar-refractivity contribution >= 4 is 35.8 Å². The monoisotopic (exact) mass is 409 g/mol. The summed E-state index contributed by atoms with van der Waals surface area (Å²) in [5.41, 5.74) is 7.76. The predicted octanol–water partition coefficient (Wildman–Crippen LogP) is 3.96. The molecule has 0 aliphatic carbocycles. The molecule has 0 saturated carbocycles. The van der Waals surface area contributed by atoms with Crippen LogP contribution in [0, 0.1) is 5.82 Å². The topological polar surface area (TPSA) is 49.6 Å². The summed E-state index contributed by atoms with van der Waals surface area (Å²) < 4.78 is 12.9. The number of nitrogens with two attached hydrogens (primary N) is 1. The number of piperazine rings is 1. The summed E-state index contributed by atoms with van der Waals surface area (Å²) in [5.74, 6) is 0.649. The van der Waals surface area contributed by atoms with E-state index < -0.39 is 0 Å². The average Bonchev–Trinajstić information content (AvgIpc) is 2.64. The number of hydrogen-bond donors (Lipinski definition) is 2. The Balaban J connectivity index is 0.000000817. The molecule has 4 nitrogen and oxygen atoms in total. The Labute approximate surface area is 170 Å². The minimum absolute atomic E-state index is 0.0681. The van der Waals surface area contributed by atoms with E-state index in [-0.39, 0.29) is 11.7 Å². The highest BCUT2D eigenvalue weighted by Crippen LogP contribution is 2.21. The summed E-state index contributed by atoms with van der Waals surface area (Å²) >= 11 is 9.91. The van der Waals surface area contributed by atoms with Crippen molar-refractivity contribution in [3.05, 3.63) is 64.4 Å². The number of hydrogen-bond acceptors (Lipinski definition) is 4. The molecule has 1 heterocycles. The maximum Gasteiger partial charge on any atom is 0.255 e. The van der Waals surface area contributed by atoms with Crippen LogP contribution in [0.25, 0.3) is 0 Å². The zero-order valence-electron chi connectivity index (χ0n) is 15.4. The third-order valence-electron chi connectivity index (χ3n) is 4.20. The van der Waals surface area contributed by atoms with Gasteiger partial charge in [0.25, 0.3) is 5.91 Å². The van der Waals surface area contributed by atoms with E-state index in [4.69, 9.17) is 17.3 Å². The molecule has 1 aliphatic heterocycles. The molecule has 146 valence electrons. The van der Waals surface area contributed by atoms with Gasteiger partial charge in [0.2, 0.25) is 0 Å². The lowest BCUT2D eigenvalue weighted by Gasteiger charge is -2.35. The maximum atomic E-state index is 12.9.